The lowest BCUT2D eigenvalue weighted by Crippen LogP contribution is -2.24. The molecule has 9 heteroatoms. The molecule has 3 rings (SSSR count). The number of carbonyl (C=O) groups is 4. The quantitative estimate of drug-likeness (QED) is 0.383. The molecular formula is C27H22N2O7. The number of hydrogen-bond acceptors (Lipinski definition) is 5. The molecule has 0 saturated carbocycles. The van der Waals surface area contributed by atoms with Crippen molar-refractivity contribution in [3.8, 4) is 22.6 Å². The van der Waals surface area contributed by atoms with Crippen LogP contribution >= 0.6 is 0 Å². The molecule has 0 saturated heterocycles. The SMILES string of the molecule is CN(C(=O)/C=C\C(=O)O)c1cc(NC(=O)/C=C\C(=O)O)cc(Oc2ccc(-c3ccccc3)cc2)c1. The smallest absolute Gasteiger partial charge is 0.328 e. The van der Waals surface area contributed by atoms with E-state index in [0.29, 0.717) is 23.6 Å². The summed E-state index contributed by atoms with van der Waals surface area (Å²) in [5.41, 5.74) is 2.56. The minimum Gasteiger partial charge on any atom is -0.478 e. The van der Waals surface area contributed by atoms with Crippen molar-refractivity contribution in [3.05, 3.63) is 97.1 Å². The molecule has 182 valence electrons. The first-order valence-electron chi connectivity index (χ1n) is 10.6. The summed E-state index contributed by atoms with van der Waals surface area (Å²) in [6.45, 7) is 0. The standard InChI is InChI=1S/C27H22N2O7/c1-29(25(31)12-14-27(34)35)21-15-20(28-24(30)11-13-26(32)33)16-23(17-21)36-22-9-7-19(8-10-22)18-5-3-2-4-6-18/h2-17H,1H3,(H,28,30)(H,32,33)(H,34,35)/b13-11-,14-12-. The number of hydrogen-bond donors (Lipinski definition) is 3. The number of amides is 2. The van der Waals surface area contributed by atoms with Crippen LogP contribution in [-0.2, 0) is 19.2 Å². The second kappa shape index (κ2) is 11.8. The van der Waals surface area contributed by atoms with Gasteiger partial charge in [-0.05, 0) is 29.3 Å². The average molecular weight is 486 g/mol. The van der Waals surface area contributed by atoms with Crippen molar-refractivity contribution >= 4 is 35.1 Å². The molecule has 0 aliphatic heterocycles. The highest BCUT2D eigenvalue weighted by Crippen LogP contribution is 2.31. The van der Waals surface area contributed by atoms with Crippen LogP contribution in [0.15, 0.2) is 97.1 Å². The average Bonchev–Trinajstić information content (AvgIpc) is 2.86. The molecule has 9 nitrogen and oxygen atoms in total. The van der Waals surface area contributed by atoms with Crippen LogP contribution in [0.2, 0.25) is 0 Å². The minimum absolute atomic E-state index is 0.227. The summed E-state index contributed by atoms with van der Waals surface area (Å²) in [7, 11) is 1.43. The largest absolute Gasteiger partial charge is 0.478 e. The maximum absolute atomic E-state index is 12.4. The highest BCUT2D eigenvalue weighted by molar-refractivity contribution is 6.05. The Morgan fingerprint density at radius 3 is 2.00 bits per heavy atom. The van der Waals surface area contributed by atoms with Crippen LogP contribution in [0.3, 0.4) is 0 Å². The summed E-state index contributed by atoms with van der Waals surface area (Å²) in [6, 6.07) is 21.6. The summed E-state index contributed by atoms with van der Waals surface area (Å²) >= 11 is 0. The van der Waals surface area contributed by atoms with Gasteiger partial charge in [-0.2, -0.15) is 0 Å². The van der Waals surface area contributed by atoms with E-state index < -0.39 is 23.8 Å². The maximum atomic E-state index is 12.4. The second-order valence-electron chi connectivity index (χ2n) is 7.44. The fourth-order valence-electron chi connectivity index (χ4n) is 3.10. The van der Waals surface area contributed by atoms with Gasteiger partial charge in [-0.1, -0.05) is 42.5 Å². The zero-order chi connectivity index (χ0) is 26.1. The monoisotopic (exact) mass is 486 g/mol. The van der Waals surface area contributed by atoms with E-state index in [1.54, 1.807) is 18.2 Å². The van der Waals surface area contributed by atoms with E-state index in [0.717, 1.165) is 23.3 Å². The van der Waals surface area contributed by atoms with Gasteiger partial charge in [0.15, 0.2) is 0 Å². The number of rotatable bonds is 9. The van der Waals surface area contributed by atoms with Gasteiger partial charge < -0.3 is 25.2 Å². The summed E-state index contributed by atoms with van der Waals surface area (Å²) in [5.74, 6) is -3.10. The molecule has 0 aliphatic rings. The Bertz CT molecular complexity index is 1330. The molecule has 0 aromatic heterocycles. The van der Waals surface area contributed by atoms with Gasteiger partial charge in [0.1, 0.15) is 11.5 Å². The van der Waals surface area contributed by atoms with Crippen molar-refractivity contribution in [1.82, 2.24) is 0 Å². The van der Waals surface area contributed by atoms with Crippen LogP contribution in [0.5, 0.6) is 11.5 Å². The molecule has 0 atom stereocenters. The van der Waals surface area contributed by atoms with Crippen molar-refractivity contribution in [1.29, 1.82) is 0 Å². The molecule has 0 fully saturated rings. The van der Waals surface area contributed by atoms with Crippen LogP contribution in [-0.4, -0.2) is 41.0 Å². The van der Waals surface area contributed by atoms with Crippen molar-refractivity contribution in [2.75, 3.05) is 17.3 Å². The van der Waals surface area contributed by atoms with Crippen molar-refractivity contribution in [3.63, 3.8) is 0 Å². The van der Waals surface area contributed by atoms with Gasteiger partial charge in [-0.15, -0.1) is 0 Å². The number of nitrogens with zero attached hydrogens (tertiary/aromatic N) is 1. The number of likely N-dealkylation sites (N-methyl/N-ethyl adjacent to an activating group) is 1. The number of ether oxygens (including phenoxy) is 1. The van der Waals surface area contributed by atoms with Crippen LogP contribution in [0, 0.1) is 0 Å². The van der Waals surface area contributed by atoms with E-state index in [1.807, 2.05) is 42.5 Å². The lowest BCUT2D eigenvalue weighted by molar-refractivity contribution is -0.132. The van der Waals surface area contributed by atoms with Crippen LogP contribution in [0.4, 0.5) is 11.4 Å². The van der Waals surface area contributed by atoms with Gasteiger partial charge >= 0.3 is 11.9 Å². The number of anilines is 2. The number of benzene rings is 3. The van der Waals surface area contributed by atoms with Crippen LogP contribution in [0.1, 0.15) is 0 Å². The Morgan fingerprint density at radius 1 is 0.750 bits per heavy atom. The number of nitrogens with one attached hydrogen (secondary N) is 1. The molecule has 0 heterocycles. The van der Waals surface area contributed by atoms with Gasteiger partial charge in [0.2, 0.25) is 5.91 Å². The van der Waals surface area contributed by atoms with Crippen molar-refractivity contribution in [2.45, 2.75) is 0 Å². The summed E-state index contributed by atoms with van der Waals surface area (Å²) in [5, 5.41) is 20.0. The third kappa shape index (κ3) is 7.42. The highest BCUT2D eigenvalue weighted by Gasteiger charge is 2.13. The van der Waals surface area contributed by atoms with E-state index in [9.17, 15) is 19.2 Å². The summed E-state index contributed by atoms with van der Waals surface area (Å²) < 4.78 is 5.94. The second-order valence-corrected chi connectivity index (χ2v) is 7.44. The van der Waals surface area contributed by atoms with Gasteiger partial charge in [0.05, 0.1) is 0 Å². The number of aliphatic carboxylic acids is 2. The van der Waals surface area contributed by atoms with E-state index in [4.69, 9.17) is 14.9 Å². The first-order chi connectivity index (χ1) is 17.2. The van der Waals surface area contributed by atoms with Crippen molar-refractivity contribution in [2.24, 2.45) is 0 Å². The zero-order valence-corrected chi connectivity index (χ0v) is 19.1. The third-order valence-electron chi connectivity index (χ3n) is 4.82. The Hall–Kier alpha value is -5.18. The Morgan fingerprint density at radius 2 is 1.36 bits per heavy atom. The Balaban J connectivity index is 1.89. The molecule has 0 spiro atoms. The highest BCUT2D eigenvalue weighted by atomic mass is 16.5. The third-order valence-corrected chi connectivity index (χ3v) is 4.82. The van der Waals surface area contributed by atoms with E-state index >= 15 is 0 Å². The molecule has 0 radical (unpaired) electrons. The molecule has 3 aromatic rings. The molecule has 0 bridgehead atoms. The van der Waals surface area contributed by atoms with Gasteiger partial charge in [-0.25, -0.2) is 9.59 Å². The molecule has 3 N–H and O–H groups in total. The van der Waals surface area contributed by atoms with Crippen LogP contribution < -0.4 is 15.0 Å². The Labute approximate surface area is 206 Å². The lowest BCUT2D eigenvalue weighted by Gasteiger charge is -2.18. The molecule has 2 amide bonds. The number of carbonyl (C=O) groups excluding carboxylic acids is 2. The molecule has 36 heavy (non-hydrogen) atoms. The normalized spacial score (nSPS) is 10.8. The lowest BCUT2D eigenvalue weighted by atomic mass is 10.1. The fourth-order valence-corrected chi connectivity index (χ4v) is 3.10. The molecule has 0 unspecified atom stereocenters. The first kappa shape index (κ1) is 25.4. The predicted molar refractivity (Wildman–Crippen MR) is 134 cm³/mol. The van der Waals surface area contributed by atoms with Crippen molar-refractivity contribution < 1.29 is 34.1 Å². The zero-order valence-electron chi connectivity index (χ0n) is 19.1. The van der Waals surface area contributed by atoms with E-state index in [2.05, 4.69) is 5.32 Å². The summed E-state index contributed by atoms with van der Waals surface area (Å²) in [6.07, 6.45) is 3.15. The molecular weight excluding hydrogens is 464 g/mol. The van der Waals surface area contributed by atoms with Gasteiger partial charge in [0, 0.05) is 54.9 Å². The molecule has 3 aromatic carbocycles. The van der Waals surface area contributed by atoms with Crippen LogP contribution in [0.25, 0.3) is 11.1 Å². The molecule has 0 aliphatic carbocycles. The van der Waals surface area contributed by atoms with E-state index in [-0.39, 0.29) is 11.4 Å². The van der Waals surface area contributed by atoms with Gasteiger partial charge in [-0.3, -0.25) is 9.59 Å². The number of carboxylic acids is 2. The first-order valence-corrected chi connectivity index (χ1v) is 10.6. The topological polar surface area (TPSA) is 133 Å². The van der Waals surface area contributed by atoms with Gasteiger partial charge in [0.25, 0.3) is 5.91 Å². The number of carboxylic acid groups (broad SMARTS) is 2. The minimum atomic E-state index is -1.28. The maximum Gasteiger partial charge on any atom is 0.328 e. The fraction of sp³-hybridized carbons (Fsp3) is 0.0370. The summed E-state index contributed by atoms with van der Waals surface area (Å²) in [4.78, 5) is 47.1. The van der Waals surface area contributed by atoms with E-state index in [1.165, 1.54) is 24.1 Å². The Kier molecular flexibility index (Phi) is 8.34. The predicted octanol–water partition coefficient (Wildman–Crippen LogP) is 4.33.